The molecular formula is C27H35N5O5. The van der Waals surface area contributed by atoms with E-state index in [1.54, 1.807) is 28.0 Å². The maximum absolute atomic E-state index is 13.5. The summed E-state index contributed by atoms with van der Waals surface area (Å²) in [6.45, 7) is 9.72. The number of amidine groups is 1. The number of ketones is 1. The molecule has 0 radical (unpaired) electrons. The van der Waals surface area contributed by atoms with Gasteiger partial charge in [-0.25, -0.2) is 4.98 Å². The van der Waals surface area contributed by atoms with Crippen molar-refractivity contribution in [3.05, 3.63) is 46.3 Å². The van der Waals surface area contributed by atoms with Crippen LogP contribution in [0.15, 0.2) is 18.2 Å². The zero-order valence-corrected chi connectivity index (χ0v) is 22.7. The molecule has 1 amide bonds. The van der Waals surface area contributed by atoms with E-state index in [0.29, 0.717) is 47.2 Å². The van der Waals surface area contributed by atoms with Gasteiger partial charge in [0, 0.05) is 51.3 Å². The van der Waals surface area contributed by atoms with Crippen LogP contribution in [0.3, 0.4) is 0 Å². The van der Waals surface area contributed by atoms with Gasteiger partial charge in [0.05, 0.1) is 18.8 Å². The molecule has 0 saturated carbocycles. The normalized spacial score (nSPS) is 12.8. The number of hydrogen-bond donors (Lipinski definition) is 2. The number of rotatable bonds is 8. The van der Waals surface area contributed by atoms with Crippen molar-refractivity contribution in [3.63, 3.8) is 0 Å². The van der Waals surface area contributed by atoms with Gasteiger partial charge in [-0.1, -0.05) is 20.8 Å². The second kappa shape index (κ2) is 10.6. The van der Waals surface area contributed by atoms with Gasteiger partial charge < -0.3 is 24.6 Å². The van der Waals surface area contributed by atoms with Gasteiger partial charge in [0.2, 0.25) is 0 Å². The number of nitrogens with one attached hydrogen (secondary N) is 2. The van der Waals surface area contributed by atoms with Gasteiger partial charge in [-0.05, 0) is 30.5 Å². The fourth-order valence-electron chi connectivity index (χ4n) is 4.15. The molecule has 0 atom stereocenters. The van der Waals surface area contributed by atoms with Gasteiger partial charge in [0.15, 0.2) is 23.0 Å². The number of carbonyl (C=O) groups is 3. The predicted octanol–water partition coefficient (Wildman–Crippen LogP) is 3.15. The SMILES string of the molecule is CCOc1cc2c(nc1C(=O)NC)C(=N)N(CC(=O)c1cc(N(C)C)c(OC(C)=O)c(C(C)(C)C)c1)C2. The number of ether oxygens (including phenoxy) is 2. The van der Waals surface area contributed by atoms with Gasteiger partial charge in [0.1, 0.15) is 11.5 Å². The third kappa shape index (κ3) is 5.73. The summed E-state index contributed by atoms with van der Waals surface area (Å²) in [4.78, 5) is 45.5. The zero-order chi connectivity index (χ0) is 27.7. The van der Waals surface area contributed by atoms with E-state index in [1.807, 2.05) is 41.8 Å². The van der Waals surface area contributed by atoms with Gasteiger partial charge in [-0.2, -0.15) is 0 Å². The maximum Gasteiger partial charge on any atom is 0.308 e. The smallest absolute Gasteiger partial charge is 0.308 e. The minimum Gasteiger partial charge on any atom is -0.491 e. The Balaban J connectivity index is 1.97. The molecule has 1 aliphatic rings. The molecule has 0 aliphatic carbocycles. The van der Waals surface area contributed by atoms with Crippen LogP contribution in [0.25, 0.3) is 0 Å². The number of Topliss-reactive ketones (excluding diaryl/α,β-unsaturated/α-hetero) is 1. The first-order chi connectivity index (χ1) is 17.3. The largest absolute Gasteiger partial charge is 0.491 e. The number of benzene rings is 1. The van der Waals surface area contributed by atoms with Crippen molar-refractivity contribution in [2.45, 2.75) is 46.6 Å². The van der Waals surface area contributed by atoms with Crippen LogP contribution in [0.5, 0.6) is 11.5 Å². The fraction of sp³-hybridized carbons (Fsp3) is 0.444. The van der Waals surface area contributed by atoms with Gasteiger partial charge >= 0.3 is 5.97 Å². The molecule has 37 heavy (non-hydrogen) atoms. The van der Waals surface area contributed by atoms with Crippen molar-refractivity contribution < 1.29 is 23.9 Å². The molecule has 2 N–H and O–H groups in total. The Morgan fingerprint density at radius 3 is 2.41 bits per heavy atom. The Morgan fingerprint density at radius 1 is 1.19 bits per heavy atom. The molecule has 1 aliphatic heterocycles. The Labute approximate surface area is 217 Å². The van der Waals surface area contributed by atoms with E-state index in [2.05, 4.69) is 10.3 Å². The standard InChI is InChI=1S/C27H35N5O5/c1-9-36-21-12-17-13-32(25(28)22(17)30-23(21)26(35)29-6)14-20(34)16-10-18(27(3,4)5)24(37-15(2)33)19(11-16)31(7)8/h10-12,28H,9,13-14H2,1-8H3,(H,29,35). The molecular weight excluding hydrogens is 474 g/mol. The number of fused-ring (bicyclic) bond motifs is 1. The Kier molecular flexibility index (Phi) is 7.90. The number of aromatic nitrogens is 1. The van der Waals surface area contributed by atoms with Crippen molar-refractivity contribution in [3.8, 4) is 11.5 Å². The Bertz CT molecular complexity index is 1260. The summed E-state index contributed by atoms with van der Waals surface area (Å²) < 4.78 is 11.2. The third-order valence-corrected chi connectivity index (χ3v) is 5.97. The van der Waals surface area contributed by atoms with Crippen LogP contribution in [-0.2, 0) is 16.8 Å². The molecule has 10 heteroatoms. The van der Waals surface area contributed by atoms with Crippen LogP contribution < -0.4 is 19.7 Å². The van der Waals surface area contributed by atoms with E-state index >= 15 is 0 Å². The van der Waals surface area contributed by atoms with Crippen LogP contribution in [0, 0.1) is 5.41 Å². The average Bonchev–Trinajstić information content (AvgIpc) is 3.11. The van der Waals surface area contributed by atoms with Crippen molar-refractivity contribution in [2.24, 2.45) is 0 Å². The van der Waals surface area contributed by atoms with Gasteiger partial charge in [-0.3, -0.25) is 19.8 Å². The van der Waals surface area contributed by atoms with E-state index in [9.17, 15) is 14.4 Å². The first-order valence-corrected chi connectivity index (χ1v) is 12.1. The molecule has 0 spiro atoms. The van der Waals surface area contributed by atoms with Crippen molar-refractivity contribution in [2.75, 3.05) is 39.2 Å². The number of carbonyl (C=O) groups excluding carboxylic acids is 3. The molecule has 0 fully saturated rings. The number of hydrogen-bond acceptors (Lipinski definition) is 8. The first-order valence-electron chi connectivity index (χ1n) is 12.1. The summed E-state index contributed by atoms with van der Waals surface area (Å²) in [5, 5.41) is 11.2. The highest BCUT2D eigenvalue weighted by Gasteiger charge is 2.32. The van der Waals surface area contributed by atoms with Gasteiger partial charge in [-0.15, -0.1) is 0 Å². The minimum atomic E-state index is -0.439. The van der Waals surface area contributed by atoms with Crippen LogP contribution in [0.4, 0.5) is 5.69 Å². The lowest BCUT2D eigenvalue weighted by molar-refractivity contribution is -0.131. The Morgan fingerprint density at radius 2 is 1.86 bits per heavy atom. The molecule has 0 bridgehead atoms. The Hall–Kier alpha value is -3.95. The number of anilines is 1. The van der Waals surface area contributed by atoms with Crippen LogP contribution in [0.1, 0.15) is 72.3 Å². The van der Waals surface area contributed by atoms with Crippen LogP contribution in [-0.4, -0.2) is 67.7 Å². The third-order valence-electron chi connectivity index (χ3n) is 5.97. The molecule has 3 rings (SSSR count). The molecule has 1 aromatic carbocycles. The fourth-order valence-corrected chi connectivity index (χ4v) is 4.15. The van der Waals surface area contributed by atoms with E-state index in [-0.39, 0.29) is 23.9 Å². The summed E-state index contributed by atoms with van der Waals surface area (Å²) in [5.74, 6) is -0.210. The number of pyridine rings is 1. The summed E-state index contributed by atoms with van der Waals surface area (Å²) in [6.07, 6.45) is 0. The highest BCUT2D eigenvalue weighted by atomic mass is 16.5. The number of nitrogens with zero attached hydrogens (tertiary/aromatic N) is 3. The van der Waals surface area contributed by atoms with Crippen molar-refractivity contribution in [1.29, 1.82) is 5.41 Å². The van der Waals surface area contributed by atoms with E-state index in [4.69, 9.17) is 14.9 Å². The second-order valence-electron chi connectivity index (χ2n) is 10.1. The molecule has 1 aromatic heterocycles. The molecule has 2 aromatic rings. The predicted molar refractivity (Wildman–Crippen MR) is 141 cm³/mol. The minimum absolute atomic E-state index is 0.0577. The van der Waals surface area contributed by atoms with Crippen molar-refractivity contribution in [1.82, 2.24) is 15.2 Å². The highest BCUT2D eigenvalue weighted by Crippen LogP contribution is 2.40. The van der Waals surface area contributed by atoms with Gasteiger partial charge in [0.25, 0.3) is 5.91 Å². The topological polar surface area (TPSA) is 125 Å². The van der Waals surface area contributed by atoms with Crippen LogP contribution >= 0.6 is 0 Å². The average molecular weight is 510 g/mol. The lowest BCUT2D eigenvalue weighted by atomic mass is 9.84. The summed E-state index contributed by atoms with van der Waals surface area (Å²) in [7, 11) is 5.15. The maximum atomic E-state index is 13.5. The quantitative estimate of drug-likeness (QED) is 0.316. The zero-order valence-electron chi connectivity index (χ0n) is 22.7. The summed E-state index contributed by atoms with van der Waals surface area (Å²) >= 11 is 0. The summed E-state index contributed by atoms with van der Waals surface area (Å²) in [6, 6.07) is 5.18. The molecule has 0 unspecified atom stereocenters. The van der Waals surface area contributed by atoms with Crippen molar-refractivity contribution >= 4 is 29.2 Å². The number of esters is 1. The van der Waals surface area contributed by atoms with E-state index < -0.39 is 17.3 Å². The molecule has 2 heterocycles. The molecule has 10 nitrogen and oxygen atoms in total. The van der Waals surface area contributed by atoms with E-state index in [1.165, 1.54) is 14.0 Å². The molecule has 198 valence electrons. The number of amides is 1. The van der Waals surface area contributed by atoms with E-state index in [0.717, 1.165) is 5.56 Å². The first kappa shape index (κ1) is 27.6. The lowest BCUT2D eigenvalue weighted by Crippen LogP contribution is -2.31. The lowest BCUT2D eigenvalue weighted by Gasteiger charge is -2.27. The van der Waals surface area contributed by atoms with Crippen LogP contribution in [0.2, 0.25) is 0 Å². The summed E-state index contributed by atoms with van der Waals surface area (Å²) in [5.41, 5.74) is 2.56. The molecule has 0 saturated heterocycles. The highest BCUT2D eigenvalue weighted by molar-refractivity contribution is 6.06. The second-order valence-corrected chi connectivity index (χ2v) is 10.1. The monoisotopic (exact) mass is 509 g/mol.